The molecule has 0 aliphatic carbocycles. The number of rotatable bonds is 10. The van der Waals surface area contributed by atoms with Gasteiger partial charge >= 0.3 is 0 Å². The van der Waals surface area contributed by atoms with Gasteiger partial charge in [-0.3, -0.25) is 0 Å². The second kappa shape index (κ2) is 11.6. The summed E-state index contributed by atoms with van der Waals surface area (Å²) in [4.78, 5) is 0. The Hall–Kier alpha value is 1.99. The molecular formula is HB20IN. The average molecular weight is 360 g/mol. The van der Waals surface area contributed by atoms with E-state index < -0.39 is 57.7 Å². The standard InChI is InChI=1S/B20HIN/c1-11-16(10)19(17(12(2)3)13(4)5)20(22-21)18(14(6)7)15(8)9/h22H/i/hT. The van der Waals surface area contributed by atoms with Crippen LogP contribution in [0.15, 0.2) is 0 Å². The van der Waals surface area contributed by atoms with Crippen LogP contribution in [0.4, 0.5) is 0 Å². The van der Waals surface area contributed by atoms with Gasteiger partial charge in [0.05, 0.1) is 0 Å². The van der Waals surface area contributed by atoms with Gasteiger partial charge in [0.1, 0.15) is 8.04 Å². The van der Waals surface area contributed by atoms with Crippen LogP contribution >= 0.6 is 22.9 Å². The lowest BCUT2D eigenvalue weighted by Gasteiger charge is -2.41. The molecule has 0 saturated carbocycles. The van der Waals surface area contributed by atoms with Gasteiger partial charge in [-0.15, -0.1) is 0 Å². The summed E-state index contributed by atoms with van der Waals surface area (Å²) in [6.07, 6.45) is -6.43. The Morgan fingerprint density at radius 2 is 1.09 bits per heavy atom. The molecule has 0 bridgehead atoms. The van der Waals surface area contributed by atoms with E-state index in [1.54, 1.807) is 22.9 Å². The van der Waals surface area contributed by atoms with Crippen molar-refractivity contribution in [2.24, 2.45) is 0 Å². The Kier molecular flexibility index (Phi) is 11.6. The molecule has 0 atom stereocenters. The van der Waals surface area contributed by atoms with Crippen molar-refractivity contribution < 1.29 is 1.41 Å². The molecule has 0 aromatic carbocycles. The molecule has 0 heterocycles. The third-order valence-corrected chi connectivity index (χ3v) is 4.43. The minimum Gasteiger partial charge on any atom is -0.319 e. The second-order valence-electron chi connectivity index (χ2n) is 5.40. The van der Waals surface area contributed by atoms with Gasteiger partial charge < -0.3 is 3.43 Å². The number of nitrogens with one attached hydrogen (secondary N) is 1. The quantitative estimate of drug-likeness (QED) is 0.232. The SMILES string of the molecule is [3H]N(I)B(B(B([B])[B])B([B])[B])B(B([B])[B][B])B(B([B])[B])B([B])[B]. The highest BCUT2D eigenvalue weighted by Gasteiger charge is 2.46. The van der Waals surface area contributed by atoms with E-state index in [9.17, 15) is 0 Å². The van der Waals surface area contributed by atoms with Gasteiger partial charge in [-0.1, -0.05) is 0 Å². The van der Waals surface area contributed by atoms with Crippen LogP contribution in [0, 0.1) is 0 Å². The van der Waals surface area contributed by atoms with Crippen LogP contribution in [0.25, 0.3) is 0 Å². The Balaban J connectivity index is 6.03. The predicted octanol–water partition coefficient (Wildman–Crippen LogP) is -7.23. The second-order valence-corrected chi connectivity index (χ2v) is 5.96. The van der Waals surface area contributed by atoms with Crippen LogP contribution < -0.4 is 3.43 Å². The van der Waals surface area contributed by atoms with Crippen molar-refractivity contribution in [2.75, 3.05) is 0 Å². The van der Waals surface area contributed by atoms with Crippen molar-refractivity contribution in [2.45, 2.75) is 0 Å². The number of halogens is 1. The highest BCUT2D eigenvalue weighted by Crippen LogP contribution is 2.06. The smallest absolute Gasteiger partial charge is 0.129 e. The molecule has 0 spiro atoms. The fourth-order valence-corrected chi connectivity index (χ4v) is 3.45. The van der Waals surface area contributed by atoms with Crippen LogP contribution in [-0.4, -0.2) is 142 Å². The molecule has 0 aromatic rings. The Labute approximate surface area is 169 Å². The maximum atomic E-state index is 8.05. The normalized spacial score (nSPS) is 10.2. The largest absolute Gasteiger partial charge is 0.319 e. The fraction of sp³-hybridized carbons (Fsp3) is 0. The van der Waals surface area contributed by atoms with E-state index in [2.05, 4.69) is 0 Å². The van der Waals surface area contributed by atoms with Crippen molar-refractivity contribution in [1.29, 1.82) is 0 Å². The van der Waals surface area contributed by atoms with Crippen molar-refractivity contribution in [3.8, 4) is 0 Å². The van der Waals surface area contributed by atoms with Crippen molar-refractivity contribution in [1.82, 2.24) is 3.43 Å². The third-order valence-electron chi connectivity index (χ3n) is 3.79. The predicted molar refractivity (Wildman–Crippen MR) is 132 cm³/mol. The zero-order chi connectivity index (χ0) is 18.5. The van der Waals surface area contributed by atoms with Crippen LogP contribution in [0.5, 0.6) is 0 Å². The molecule has 22 heavy (non-hydrogen) atoms. The summed E-state index contributed by atoms with van der Waals surface area (Å²) in [6, 6.07) is 0. The van der Waals surface area contributed by atoms with Gasteiger partial charge in [-0.05, 0) is 0 Å². The topological polar surface area (TPSA) is 12.0 Å². The number of hydrogen-bond donors (Lipinski definition) is 1. The zero-order valence-corrected chi connectivity index (χ0v) is 14.5. The monoisotopic (exact) mass is 364 g/mol. The van der Waals surface area contributed by atoms with E-state index in [1.165, 1.54) is 7.06 Å². The minimum absolute atomic E-state index is 0.649. The maximum Gasteiger partial charge on any atom is 0.129 e. The van der Waals surface area contributed by atoms with Crippen molar-refractivity contribution in [3.05, 3.63) is 0 Å². The summed E-state index contributed by atoms with van der Waals surface area (Å²) in [5.74, 6) is 0. The van der Waals surface area contributed by atoms with E-state index >= 15 is 0 Å². The first-order valence-electron chi connectivity index (χ1n) is 7.21. The molecular weight excluding hydrogens is 357 g/mol. The van der Waals surface area contributed by atoms with Crippen LogP contribution in [0.3, 0.4) is 0 Å². The van der Waals surface area contributed by atoms with Gasteiger partial charge in [0.2, 0.25) is 0 Å². The van der Waals surface area contributed by atoms with Gasteiger partial charge in [-0.25, -0.2) is 0 Å². The van der Waals surface area contributed by atoms with E-state index in [4.69, 9.17) is 78.8 Å². The maximum absolute atomic E-state index is 8.05. The first-order chi connectivity index (χ1) is 10.5. The van der Waals surface area contributed by atoms with Crippen LogP contribution in [0.2, 0.25) is 1.41 Å². The molecule has 0 aliphatic heterocycles. The van der Waals surface area contributed by atoms with Gasteiger partial charge in [0, 0.05) is 158 Å². The molecule has 0 aliphatic rings. The van der Waals surface area contributed by atoms with E-state index in [-0.39, 0.29) is 0 Å². The summed E-state index contributed by atoms with van der Waals surface area (Å²) < 4.78 is 9.13. The molecule has 0 saturated heterocycles. The molecule has 1 N–H and O–H groups in total. The summed E-state index contributed by atoms with van der Waals surface area (Å²) in [5.41, 5.74) is 0. The Bertz CT molecular complexity index is 299. The first-order valence-corrected chi connectivity index (χ1v) is 7.73. The van der Waals surface area contributed by atoms with E-state index in [1.807, 2.05) is 0 Å². The minimum atomic E-state index is -0.918. The molecule has 73 valence electrons. The highest BCUT2D eigenvalue weighted by molar-refractivity contribution is 14.1. The van der Waals surface area contributed by atoms with Gasteiger partial charge in [0.15, 0.2) is 0 Å². The fourth-order valence-electron chi connectivity index (χ4n) is 2.71. The lowest BCUT2D eigenvalue weighted by Crippen LogP contribution is -2.82. The van der Waals surface area contributed by atoms with E-state index in [0.29, 0.717) is 0 Å². The Morgan fingerprint density at radius 1 is 0.727 bits per heavy atom. The summed E-state index contributed by atoms with van der Waals surface area (Å²) in [7, 11) is 59.4. The molecule has 0 aromatic heterocycles. The lowest BCUT2D eigenvalue weighted by atomic mass is 8.43. The van der Waals surface area contributed by atoms with Crippen LogP contribution in [0.1, 0.15) is 0 Å². The van der Waals surface area contributed by atoms with E-state index in [0.717, 1.165) is 3.43 Å². The zero-order valence-electron chi connectivity index (χ0n) is 13.4. The Morgan fingerprint density at radius 3 is 1.32 bits per heavy atom. The molecule has 22 heteroatoms. The van der Waals surface area contributed by atoms with Crippen LogP contribution in [-0.2, 0) is 0 Å². The molecule has 0 unspecified atom stereocenters. The van der Waals surface area contributed by atoms with Gasteiger partial charge in [-0.2, -0.15) is 0 Å². The highest BCUT2D eigenvalue weighted by atomic mass is 127. The summed E-state index contributed by atoms with van der Waals surface area (Å²) >= 11 is 1.74. The molecule has 1 nitrogen and oxygen atoms in total. The molecule has 21 radical (unpaired) electrons. The average Bonchev–Trinajstić information content (AvgIpc) is 2.39. The first kappa shape index (κ1) is 22.0. The molecule has 0 amide bonds. The summed E-state index contributed by atoms with van der Waals surface area (Å²) in [6.45, 7) is -0.736. The molecule has 0 fully saturated rings. The van der Waals surface area contributed by atoms with Crippen molar-refractivity contribution >= 4 is 165 Å². The summed E-state index contributed by atoms with van der Waals surface area (Å²) in [5, 5.41) is 0. The van der Waals surface area contributed by atoms with Gasteiger partial charge in [0.25, 0.3) is 0 Å². The third kappa shape index (κ3) is 6.71. The number of hydrogen-bond acceptors (Lipinski definition) is 1. The van der Waals surface area contributed by atoms with Crippen molar-refractivity contribution in [3.63, 3.8) is 0 Å². The lowest BCUT2D eigenvalue weighted by molar-refractivity contribution is 1.79. The molecule has 0 rings (SSSR count).